The molecule has 1 aromatic heterocycles. The van der Waals surface area contributed by atoms with Crippen molar-refractivity contribution in [2.24, 2.45) is 0 Å². The number of carbonyl (C=O) groups excluding carboxylic acids is 1. The second kappa shape index (κ2) is 7.04. The summed E-state index contributed by atoms with van der Waals surface area (Å²) in [5, 5.41) is 3.27. The number of hydrogen-bond donors (Lipinski definition) is 2. The minimum absolute atomic E-state index is 0.308. The van der Waals surface area contributed by atoms with Gasteiger partial charge in [0.1, 0.15) is 5.69 Å². The van der Waals surface area contributed by atoms with Crippen LogP contribution < -0.4 is 10.8 Å². The lowest BCUT2D eigenvalue weighted by molar-refractivity contribution is -0.0591. The van der Waals surface area contributed by atoms with Gasteiger partial charge in [0.2, 0.25) is 0 Å². The van der Waals surface area contributed by atoms with Crippen molar-refractivity contribution >= 4 is 11.6 Å². The normalized spacial score (nSPS) is 11.0. The van der Waals surface area contributed by atoms with Gasteiger partial charge in [-0.2, -0.15) is 0 Å². The molecular weight excluding hydrogens is 278 g/mol. The van der Waals surface area contributed by atoms with Gasteiger partial charge in [-0.05, 0) is 38.5 Å². The van der Waals surface area contributed by atoms with E-state index in [4.69, 9.17) is 4.84 Å². The van der Waals surface area contributed by atoms with Crippen LogP contribution in [0.15, 0.2) is 48.7 Å². The zero-order valence-electron chi connectivity index (χ0n) is 13.1. The van der Waals surface area contributed by atoms with Crippen LogP contribution >= 0.6 is 0 Å². The number of rotatable bonds is 5. The average molecular weight is 299 g/mol. The standard InChI is InChI=1S/C17H21N3O2/c1-17(2,3)22-20-16(21)15-11-14(9-10-18-15)19-12-13-7-5-4-6-8-13/h4-11H,12H2,1-3H3,(H,18,19)(H,20,21). The highest BCUT2D eigenvalue weighted by Crippen LogP contribution is 2.11. The summed E-state index contributed by atoms with van der Waals surface area (Å²) in [6, 6.07) is 13.6. The smallest absolute Gasteiger partial charge is 0.293 e. The van der Waals surface area contributed by atoms with Crippen LogP contribution in [0.3, 0.4) is 0 Å². The maximum absolute atomic E-state index is 12.0. The van der Waals surface area contributed by atoms with Crippen molar-refractivity contribution in [2.45, 2.75) is 32.9 Å². The van der Waals surface area contributed by atoms with Crippen LogP contribution in [-0.4, -0.2) is 16.5 Å². The maximum atomic E-state index is 12.0. The van der Waals surface area contributed by atoms with Gasteiger partial charge in [-0.1, -0.05) is 30.3 Å². The number of hydroxylamine groups is 1. The number of pyridine rings is 1. The molecule has 0 spiro atoms. The van der Waals surface area contributed by atoms with Crippen LogP contribution in [-0.2, 0) is 11.4 Å². The predicted molar refractivity (Wildman–Crippen MR) is 86.3 cm³/mol. The van der Waals surface area contributed by atoms with Gasteiger partial charge in [0.05, 0.1) is 5.60 Å². The fraction of sp³-hybridized carbons (Fsp3) is 0.294. The van der Waals surface area contributed by atoms with Crippen molar-refractivity contribution in [2.75, 3.05) is 5.32 Å². The topological polar surface area (TPSA) is 63.2 Å². The molecule has 5 heteroatoms. The van der Waals surface area contributed by atoms with Crippen LogP contribution in [0.5, 0.6) is 0 Å². The Bertz CT molecular complexity index is 621. The van der Waals surface area contributed by atoms with Crippen LogP contribution in [0.1, 0.15) is 36.8 Å². The third-order valence-corrected chi connectivity index (χ3v) is 2.78. The molecule has 0 unspecified atom stereocenters. The number of hydrogen-bond acceptors (Lipinski definition) is 4. The van der Waals surface area contributed by atoms with E-state index >= 15 is 0 Å². The van der Waals surface area contributed by atoms with Gasteiger partial charge >= 0.3 is 0 Å². The molecular formula is C17H21N3O2. The molecule has 0 bridgehead atoms. The molecule has 0 aliphatic rings. The summed E-state index contributed by atoms with van der Waals surface area (Å²) in [5.74, 6) is -0.363. The zero-order chi connectivity index (χ0) is 16.0. The lowest BCUT2D eigenvalue weighted by Crippen LogP contribution is -2.33. The van der Waals surface area contributed by atoms with E-state index in [0.29, 0.717) is 12.2 Å². The molecule has 2 N–H and O–H groups in total. The molecule has 5 nitrogen and oxygen atoms in total. The first kappa shape index (κ1) is 16.0. The first-order valence-corrected chi connectivity index (χ1v) is 7.16. The highest BCUT2D eigenvalue weighted by atomic mass is 16.7. The monoisotopic (exact) mass is 299 g/mol. The van der Waals surface area contributed by atoms with Gasteiger partial charge in [0.15, 0.2) is 0 Å². The average Bonchev–Trinajstić information content (AvgIpc) is 2.51. The largest absolute Gasteiger partial charge is 0.381 e. The summed E-state index contributed by atoms with van der Waals surface area (Å²) in [5.41, 5.74) is 4.27. The van der Waals surface area contributed by atoms with Gasteiger partial charge in [0, 0.05) is 18.4 Å². The SMILES string of the molecule is CC(C)(C)ONC(=O)c1cc(NCc2ccccc2)ccn1. The second-order valence-electron chi connectivity index (χ2n) is 5.91. The summed E-state index contributed by atoms with van der Waals surface area (Å²) in [7, 11) is 0. The lowest BCUT2D eigenvalue weighted by Gasteiger charge is -2.18. The Morgan fingerprint density at radius 3 is 2.59 bits per heavy atom. The molecule has 2 rings (SSSR count). The Morgan fingerprint density at radius 1 is 1.18 bits per heavy atom. The van der Waals surface area contributed by atoms with E-state index in [1.165, 1.54) is 5.56 Å². The Morgan fingerprint density at radius 2 is 1.91 bits per heavy atom. The minimum atomic E-state index is -0.446. The van der Waals surface area contributed by atoms with Crippen molar-refractivity contribution < 1.29 is 9.63 Å². The quantitative estimate of drug-likeness (QED) is 0.833. The minimum Gasteiger partial charge on any atom is -0.381 e. The van der Waals surface area contributed by atoms with E-state index in [9.17, 15) is 4.79 Å². The molecule has 116 valence electrons. The number of benzene rings is 1. The molecule has 0 saturated heterocycles. The van der Waals surface area contributed by atoms with Crippen LogP contribution in [0.4, 0.5) is 5.69 Å². The first-order chi connectivity index (χ1) is 10.4. The van der Waals surface area contributed by atoms with E-state index in [2.05, 4.69) is 15.8 Å². The molecule has 22 heavy (non-hydrogen) atoms. The third kappa shape index (κ3) is 5.18. The number of nitrogens with one attached hydrogen (secondary N) is 2. The first-order valence-electron chi connectivity index (χ1n) is 7.16. The van der Waals surface area contributed by atoms with Crippen molar-refractivity contribution in [3.8, 4) is 0 Å². The fourth-order valence-corrected chi connectivity index (χ4v) is 1.72. The van der Waals surface area contributed by atoms with Gasteiger partial charge in [-0.15, -0.1) is 0 Å². The second-order valence-corrected chi connectivity index (χ2v) is 5.91. The van der Waals surface area contributed by atoms with E-state index in [0.717, 1.165) is 5.69 Å². The third-order valence-electron chi connectivity index (χ3n) is 2.78. The van der Waals surface area contributed by atoms with Gasteiger partial charge in [-0.3, -0.25) is 14.6 Å². The zero-order valence-corrected chi connectivity index (χ0v) is 13.1. The number of aromatic nitrogens is 1. The Kier molecular flexibility index (Phi) is 5.12. The summed E-state index contributed by atoms with van der Waals surface area (Å²) >= 11 is 0. The van der Waals surface area contributed by atoms with E-state index < -0.39 is 5.60 Å². The Balaban J connectivity index is 1.96. The van der Waals surface area contributed by atoms with Gasteiger partial charge in [-0.25, -0.2) is 5.48 Å². The van der Waals surface area contributed by atoms with Crippen LogP contribution in [0.25, 0.3) is 0 Å². The lowest BCUT2D eigenvalue weighted by atomic mass is 10.2. The maximum Gasteiger partial charge on any atom is 0.293 e. The van der Waals surface area contributed by atoms with E-state index in [-0.39, 0.29) is 5.91 Å². The molecule has 1 heterocycles. The Hall–Kier alpha value is -2.40. The van der Waals surface area contributed by atoms with Crippen LogP contribution in [0, 0.1) is 0 Å². The molecule has 0 aliphatic heterocycles. The van der Waals surface area contributed by atoms with Crippen molar-refractivity contribution in [1.82, 2.24) is 10.5 Å². The number of amides is 1. The van der Waals surface area contributed by atoms with Crippen molar-refractivity contribution in [3.63, 3.8) is 0 Å². The summed E-state index contributed by atoms with van der Waals surface area (Å²) in [6.45, 7) is 6.26. The predicted octanol–water partition coefficient (Wildman–Crippen LogP) is 3.15. The van der Waals surface area contributed by atoms with Crippen LogP contribution in [0.2, 0.25) is 0 Å². The molecule has 0 radical (unpaired) electrons. The highest BCUT2D eigenvalue weighted by molar-refractivity contribution is 5.92. The number of nitrogens with zero attached hydrogens (tertiary/aromatic N) is 1. The van der Waals surface area contributed by atoms with Gasteiger partial charge in [0.25, 0.3) is 5.91 Å². The molecule has 2 aromatic rings. The molecule has 0 fully saturated rings. The molecule has 1 aromatic carbocycles. The van der Waals surface area contributed by atoms with Crippen molar-refractivity contribution in [3.05, 3.63) is 59.9 Å². The number of anilines is 1. The van der Waals surface area contributed by atoms with E-state index in [1.54, 1.807) is 12.3 Å². The van der Waals surface area contributed by atoms with E-state index in [1.807, 2.05) is 57.2 Å². The summed E-state index contributed by atoms with van der Waals surface area (Å²) < 4.78 is 0. The Labute approximate surface area is 130 Å². The molecule has 0 aliphatic carbocycles. The fourth-order valence-electron chi connectivity index (χ4n) is 1.72. The molecule has 1 amide bonds. The molecule has 0 atom stereocenters. The van der Waals surface area contributed by atoms with Crippen molar-refractivity contribution in [1.29, 1.82) is 0 Å². The van der Waals surface area contributed by atoms with Gasteiger partial charge < -0.3 is 5.32 Å². The summed E-state index contributed by atoms with van der Waals surface area (Å²) in [6.07, 6.45) is 1.60. The molecule has 0 saturated carbocycles. The summed E-state index contributed by atoms with van der Waals surface area (Å²) in [4.78, 5) is 21.3. The number of carbonyl (C=O) groups is 1. The highest BCUT2D eigenvalue weighted by Gasteiger charge is 2.14.